The lowest BCUT2D eigenvalue weighted by Crippen LogP contribution is -2.57. The lowest BCUT2D eigenvalue weighted by Gasteiger charge is -2.50. The molecule has 2 heteroatoms. The lowest BCUT2D eigenvalue weighted by atomic mass is 9.80. The van der Waals surface area contributed by atoms with Gasteiger partial charge in [0.25, 0.3) is 0 Å². The maximum absolute atomic E-state index is 3.53. The molecule has 3 rings (SSSR count). The number of fused-ring (bicyclic) bond motifs is 2. The van der Waals surface area contributed by atoms with E-state index in [1.807, 2.05) is 0 Å². The highest BCUT2D eigenvalue weighted by atomic mass is 15.2. The van der Waals surface area contributed by atoms with Crippen molar-refractivity contribution in [3.8, 4) is 0 Å². The number of piperidine rings is 2. The van der Waals surface area contributed by atoms with Gasteiger partial charge in [0.1, 0.15) is 0 Å². The minimum absolute atomic E-state index is 0.789. The molecule has 1 N–H and O–H groups in total. The number of rotatable bonds is 3. The van der Waals surface area contributed by atoms with Crippen LogP contribution in [0.1, 0.15) is 58.3 Å². The molecule has 3 fully saturated rings. The van der Waals surface area contributed by atoms with E-state index in [1.54, 1.807) is 0 Å². The summed E-state index contributed by atoms with van der Waals surface area (Å²) in [4.78, 5) is 2.92. The first-order valence-electron chi connectivity index (χ1n) is 8.21. The van der Waals surface area contributed by atoms with Crippen LogP contribution in [0.15, 0.2) is 0 Å². The van der Waals surface area contributed by atoms with E-state index >= 15 is 0 Å². The van der Waals surface area contributed by atoms with Crippen LogP contribution in [0.4, 0.5) is 0 Å². The number of hydrogen-bond acceptors (Lipinski definition) is 2. The van der Waals surface area contributed by atoms with Crippen LogP contribution in [0, 0.1) is 11.8 Å². The van der Waals surface area contributed by atoms with Gasteiger partial charge in [-0.3, -0.25) is 4.90 Å². The highest BCUT2D eigenvalue weighted by molar-refractivity contribution is 4.96. The Kier molecular flexibility index (Phi) is 3.95. The van der Waals surface area contributed by atoms with Crippen LogP contribution in [0.5, 0.6) is 0 Å². The molecule has 2 saturated heterocycles. The van der Waals surface area contributed by atoms with Crippen LogP contribution < -0.4 is 5.32 Å². The molecule has 1 saturated carbocycles. The Hall–Kier alpha value is -0.0800. The van der Waals surface area contributed by atoms with E-state index in [4.69, 9.17) is 0 Å². The average molecular weight is 250 g/mol. The van der Waals surface area contributed by atoms with Crippen LogP contribution in [0.3, 0.4) is 0 Å². The second kappa shape index (κ2) is 5.50. The molecule has 2 nitrogen and oxygen atoms in total. The zero-order valence-corrected chi connectivity index (χ0v) is 12.2. The van der Waals surface area contributed by atoms with Crippen LogP contribution in [0.25, 0.3) is 0 Å². The van der Waals surface area contributed by atoms with Crippen molar-refractivity contribution < 1.29 is 0 Å². The van der Waals surface area contributed by atoms with Gasteiger partial charge in [0.2, 0.25) is 0 Å². The molecule has 3 aliphatic rings. The van der Waals surface area contributed by atoms with E-state index in [2.05, 4.69) is 24.2 Å². The van der Waals surface area contributed by atoms with Gasteiger partial charge in [0.15, 0.2) is 0 Å². The number of nitrogens with one attached hydrogen (secondary N) is 1. The molecule has 0 aromatic heterocycles. The molecule has 18 heavy (non-hydrogen) atoms. The molecule has 0 aromatic rings. The largest absolute Gasteiger partial charge is 0.317 e. The van der Waals surface area contributed by atoms with Gasteiger partial charge in [-0.25, -0.2) is 0 Å². The van der Waals surface area contributed by atoms with Crippen molar-refractivity contribution in [2.75, 3.05) is 13.6 Å². The Morgan fingerprint density at radius 3 is 2.22 bits per heavy atom. The van der Waals surface area contributed by atoms with Crippen molar-refractivity contribution in [1.82, 2.24) is 10.2 Å². The van der Waals surface area contributed by atoms with Gasteiger partial charge >= 0.3 is 0 Å². The van der Waals surface area contributed by atoms with Gasteiger partial charge in [0, 0.05) is 24.7 Å². The molecular formula is C16H30N2. The average Bonchev–Trinajstić information content (AvgIpc) is 2.75. The molecule has 1 aliphatic carbocycles. The predicted molar refractivity (Wildman–Crippen MR) is 76.7 cm³/mol. The second-order valence-electron chi connectivity index (χ2n) is 7.06. The van der Waals surface area contributed by atoms with Gasteiger partial charge < -0.3 is 5.32 Å². The predicted octanol–water partition coefficient (Wildman–Crippen LogP) is 3.03. The summed E-state index contributed by atoms with van der Waals surface area (Å²) in [5, 5.41) is 3.53. The summed E-state index contributed by atoms with van der Waals surface area (Å²) in [5.41, 5.74) is 0. The summed E-state index contributed by atoms with van der Waals surface area (Å²) in [7, 11) is 2.15. The zero-order valence-electron chi connectivity index (χ0n) is 12.2. The Morgan fingerprint density at radius 1 is 1.00 bits per heavy atom. The van der Waals surface area contributed by atoms with E-state index in [0.717, 1.165) is 30.0 Å². The normalized spacial score (nSPS) is 45.3. The first-order chi connectivity index (χ1) is 8.78. The summed E-state index contributed by atoms with van der Waals surface area (Å²) in [6.07, 6.45) is 11.6. The minimum Gasteiger partial charge on any atom is -0.317 e. The van der Waals surface area contributed by atoms with Crippen LogP contribution >= 0.6 is 0 Å². The SMILES string of the molecule is CNC1CC2CCCC(C1)N2CC1CCCC1C. The van der Waals surface area contributed by atoms with Gasteiger partial charge in [0.05, 0.1) is 0 Å². The molecule has 0 aromatic carbocycles. The molecule has 104 valence electrons. The van der Waals surface area contributed by atoms with Gasteiger partial charge in [-0.1, -0.05) is 26.2 Å². The number of nitrogens with zero attached hydrogens (tertiary/aromatic N) is 1. The summed E-state index contributed by atoms with van der Waals surface area (Å²) < 4.78 is 0. The van der Waals surface area contributed by atoms with Crippen LogP contribution in [0.2, 0.25) is 0 Å². The third kappa shape index (κ3) is 2.46. The lowest BCUT2D eigenvalue weighted by molar-refractivity contribution is 0.00981. The first kappa shape index (κ1) is 12.9. The Balaban J connectivity index is 1.64. The van der Waals surface area contributed by atoms with E-state index < -0.39 is 0 Å². The van der Waals surface area contributed by atoms with Crippen molar-refractivity contribution in [2.24, 2.45) is 11.8 Å². The summed E-state index contributed by atoms with van der Waals surface area (Å²) in [6, 6.07) is 2.57. The third-order valence-electron chi connectivity index (χ3n) is 6.02. The second-order valence-corrected chi connectivity index (χ2v) is 7.06. The topological polar surface area (TPSA) is 15.3 Å². The van der Waals surface area contributed by atoms with Crippen molar-refractivity contribution in [2.45, 2.75) is 76.4 Å². The first-order valence-corrected chi connectivity index (χ1v) is 8.21. The molecule has 2 heterocycles. The highest BCUT2D eigenvalue weighted by Gasteiger charge is 2.39. The van der Waals surface area contributed by atoms with Crippen LogP contribution in [-0.2, 0) is 0 Å². The van der Waals surface area contributed by atoms with Crippen molar-refractivity contribution in [1.29, 1.82) is 0 Å². The molecule has 0 spiro atoms. The van der Waals surface area contributed by atoms with Crippen molar-refractivity contribution in [3.05, 3.63) is 0 Å². The highest BCUT2D eigenvalue weighted by Crippen LogP contribution is 2.38. The summed E-state index contributed by atoms with van der Waals surface area (Å²) in [6.45, 7) is 3.89. The summed E-state index contributed by atoms with van der Waals surface area (Å²) in [5.74, 6) is 1.98. The molecule has 4 unspecified atom stereocenters. The smallest absolute Gasteiger partial charge is 0.0113 e. The molecule has 2 aliphatic heterocycles. The molecule has 2 bridgehead atoms. The maximum Gasteiger partial charge on any atom is 0.0113 e. The standard InChI is InChI=1S/C16H30N2/c1-12-5-3-6-13(12)11-18-15-7-4-8-16(18)10-14(9-15)17-2/h12-17H,3-11H2,1-2H3. The monoisotopic (exact) mass is 250 g/mol. The van der Waals surface area contributed by atoms with Gasteiger partial charge in [-0.2, -0.15) is 0 Å². The Labute approximate surface area is 113 Å². The fourth-order valence-electron chi connectivity index (χ4n) is 4.78. The number of hydrogen-bond donors (Lipinski definition) is 1. The fourth-order valence-corrected chi connectivity index (χ4v) is 4.78. The van der Waals surface area contributed by atoms with Crippen LogP contribution in [-0.4, -0.2) is 36.6 Å². The zero-order chi connectivity index (χ0) is 12.5. The van der Waals surface area contributed by atoms with Crippen molar-refractivity contribution in [3.63, 3.8) is 0 Å². The summed E-state index contributed by atoms with van der Waals surface area (Å²) >= 11 is 0. The fraction of sp³-hybridized carbons (Fsp3) is 1.00. The Morgan fingerprint density at radius 2 is 1.67 bits per heavy atom. The molecule has 0 radical (unpaired) electrons. The van der Waals surface area contributed by atoms with E-state index in [9.17, 15) is 0 Å². The quantitative estimate of drug-likeness (QED) is 0.828. The molecule has 4 atom stereocenters. The minimum atomic E-state index is 0.789. The van der Waals surface area contributed by atoms with E-state index in [0.29, 0.717) is 0 Å². The molecular weight excluding hydrogens is 220 g/mol. The van der Waals surface area contributed by atoms with Crippen molar-refractivity contribution >= 4 is 0 Å². The van der Waals surface area contributed by atoms with Gasteiger partial charge in [-0.15, -0.1) is 0 Å². The van der Waals surface area contributed by atoms with E-state index in [-0.39, 0.29) is 0 Å². The third-order valence-corrected chi connectivity index (χ3v) is 6.02. The molecule has 0 amide bonds. The van der Waals surface area contributed by atoms with Gasteiger partial charge in [-0.05, 0) is 51.0 Å². The van der Waals surface area contributed by atoms with E-state index in [1.165, 1.54) is 57.9 Å². The maximum atomic E-state index is 3.53. The Bertz CT molecular complexity index is 264.